The van der Waals surface area contributed by atoms with E-state index in [1.807, 2.05) is 44.2 Å². The fourth-order valence-electron chi connectivity index (χ4n) is 2.20. The molecular weight excluding hydrogens is 342 g/mol. The van der Waals surface area contributed by atoms with E-state index in [0.717, 1.165) is 33.1 Å². The highest BCUT2D eigenvalue weighted by Gasteiger charge is 2.06. The van der Waals surface area contributed by atoms with Crippen LogP contribution in [0.2, 0.25) is 0 Å². The fourth-order valence-corrected chi connectivity index (χ4v) is 2.46. The second kappa shape index (κ2) is 6.27. The Morgan fingerprint density at radius 1 is 1.09 bits per heavy atom. The largest absolute Gasteiger partial charge is 0.364 e. The van der Waals surface area contributed by atoms with E-state index in [1.54, 1.807) is 6.20 Å². The SMILES string of the molecule is Cc1nc(CNc2ccnc(-c3ccc(Br)cc3)n2)c(C)[nH]1. The first kappa shape index (κ1) is 14.7. The molecule has 22 heavy (non-hydrogen) atoms. The smallest absolute Gasteiger partial charge is 0.161 e. The van der Waals surface area contributed by atoms with E-state index in [2.05, 4.69) is 41.2 Å². The maximum absolute atomic E-state index is 4.55. The van der Waals surface area contributed by atoms with Gasteiger partial charge in [0, 0.05) is 21.9 Å². The first-order valence-electron chi connectivity index (χ1n) is 6.97. The quantitative estimate of drug-likeness (QED) is 0.743. The van der Waals surface area contributed by atoms with Gasteiger partial charge in [-0.15, -0.1) is 0 Å². The molecule has 0 amide bonds. The minimum Gasteiger partial charge on any atom is -0.364 e. The molecule has 3 aromatic rings. The first-order chi connectivity index (χ1) is 10.6. The van der Waals surface area contributed by atoms with Gasteiger partial charge in [0.05, 0.1) is 12.2 Å². The maximum atomic E-state index is 4.55. The fraction of sp³-hybridized carbons (Fsp3) is 0.188. The van der Waals surface area contributed by atoms with Crippen LogP contribution in [0.1, 0.15) is 17.2 Å². The second-order valence-electron chi connectivity index (χ2n) is 5.02. The molecule has 0 fully saturated rings. The first-order valence-corrected chi connectivity index (χ1v) is 7.76. The molecule has 0 aliphatic rings. The molecule has 0 bridgehead atoms. The molecule has 0 radical (unpaired) electrons. The summed E-state index contributed by atoms with van der Waals surface area (Å²) in [7, 11) is 0. The Morgan fingerprint density at radius 2 is 1.86 bits per heavy atom. The number of aromatic nitrogens is 4. The molecule has 112 valence electrons. The third-order valence-corrected chi connectivity index (χ3v) is 3.83. The Labute approximate surface area is 137 Å². The lowest BCUT2D eigenvalue weighted by molar-refractivity contribution is 1.02. The van der Waals surface area contributed by atoms with Crippen molar-refractivity contribution in [2.45, 2.75) is 20.4 Å². The molecule has 0 spiro atoms. The number of anilines is 1. The van der Waals surface area contributed by atoms with E-state index in [0.29, 0.717) is 12.4 Å². The van der Waals surface area contributed by atoms with Crippen molar-refractivity contribution in [1.29, 1.82) is 0 Å². The number of aryl methyl sites for hydroxylation is 2. The lowest BCUT2D eigenvalue weighted by atomic mass is 10.2. The Hall–Kier alpha value is -2.21. The number of benzene rings is 1. The third-order valence-electron chi connectivity index (χ3n) is 3.30. The molecule has 2 heterocycles. The van der Waals surface area contributed by atoms with Crippen LogP contribution in [0, 0.1) is 13.8 Å². The van der Waals surface area contributed by atoms with Gasteiger partial charge in [-0.05, 0) is 32.0 Å². The summed E-state index contributed by atoms with van der Waals surface area (Å²) >= 11 is 3.43. The molecule has 2 aromatic heterocycles. The van der Waals surface area contributed by atoms with E-state index >= 15 is 0 Å². The molecule has 6 heteroatoms. The molecular formula is C16H16BrN5. The molecule has 5 nitrogen and oxygen atoms in total. The van der Waals surface area contributed by atoms with Crippen LogP contribution in [0.15, 0.2) is 41.0 Å². The number of H-pyrrole nitrogens is 1. The molecule has 0 atom stereocenters. The summed E-state index contributed by atoms with van der Waals surface area (Å²) in [5.74, 6) is 2.41. The monoisotopic (exact) mass is 357 g/mol. The van der Waals surface area contributed by atoms with Gasteiger partial charge >= 0.3 is 0 Å². The molecule has 1 aromatic carbocycles. The Morgan fingerprint density at radius 3 is 2.55 bits per heavy atom. The summed E-state index contributed by atoms with van der Waals surface area (Å²) in [5.41, 5.74) is 3.06. The van der Waals surface area contributed by atoms with Gasteiger partial charge in [0.2, 0.25) is 0 Å². The van der Waals surface area contributed by atoms with Crippen molar-refractivity contribution in [2.75, 3.05) is 5.32 Å². The minimum atomic E-state index is 0.632. The number of aromatic amines is 1. The van der Waals surface area contributed by atoms with Crippen LogP contribution < -0.4 is 5.32 Å². The van der Waals surface area contributed by atoms with Gasteiger partial charge in [0.1, 0.15) is 11.6 Å². The van der Waals surface area contributed by atoms with Crippen LogP contribution in [-0.4, -0.2) is 19.9 Å². The van der Waals surface area contributed by atoms with E-state index in [9.17, 15) is 0 Å². The van der Waals surface area contributed by atoms with Crippen molar-refractivity contribution in [3.05, 3.63) is 58.2 Å². The molecule has 0 saturated heterocycles. The second-order valence-corrected chi connectivity index (χ2v) is 5.94. The summed E-state index contributed by atoms with van der Waals surface area (Å²) in [4.78, 5) is 16.5. The van der Waals surface area contributed by atoms with Crippen molar-refractivity contribution in [3.63, 3.8) is 0 Å². The van der Waals surface area contributed by atoms with E-state index in [-0.39, 0.29) is 0 Å². The Bertz CT molecular complexity index is 779. The maximum Gasteiger partial charge on any atom is 0.161 e. The Balaban J connectivity index is 1.76. The normalized spacial score (nSPS) is 10.7. The van der Waals surface area contributed by atoms with Crippen LogP contribution in [0.3, 0.4) is 0 Å². The van der Waals surface area contributed by atoms with Crippen LogP contribution in [0.25, 0.3) is 11.4 Å². The summed E-state index contributed by atoms with van der Waals surface area (Å²) in [6.45, 7) is 4.60. The Kier molecular flexibility index (Phi) is 4.20. The van der Waals surface area contributed by atoms with E-state index < -0.39 is 0 Å². The van der Waals surface area contributed by atoms with Gasteiger partial charge in [-0.25, -0.2) is 15.0 Å². The molecule has 0 aliphatic carbocycles. The third kappa shape index (κ3) is 3.33. The highest BCUT2D eigenvalue weighted by atomic mass is 79.9. The summed E-state index contributed by atoms with van der Waals surface area (Å²) in [6.07, 6.45) is 1.76. The standard InChI is InChI=1S/C16H16BrN5/c1-10-14(21-11(2)20-10)9-19-15-7-8-18-16(22-15)12-3-5-13(17)6-4-12/h3-8H,9H2,1-2H3,(H,20,21)(H,18,19,22). The number of nitrogens with one attached hydrogen (secondary N) is 2. The lowest BCUT2D eigenvalue weighted by Gasteiger charge is -2.06. The molecule has 2 N–H and O–H groups in total. The molecule has 3 rings (SSSR count). The zero-order chi connectivity index (χ0) is 15.5. The van der Waals surface area contributed by atoms with Crippen LogP contribution in [0.4, 0.5) is 5.82 Å². The number of nitrogens with zero attached hydrogens (tertiary/aromatic N) is 3. The van der Waals surface area contributed by atoms with Gasteiger partial charge in [-0.3, -0.25) is 0 Å². The average molecular weight is 358 g/mol. The zero-order valence-electron chi connectivity index (χ0n) is 12.4. The highest BCUT2D eigenvalue weighted by Crippen LogP contribution is 2.19. The van der Waals surface area contributed by atoms with Crippen molar-refractivity contribution in [3.8, 4) is 11.4 Å². The van der Waals surface area contributed by atoms with Gasteiger partial charge < -0.3 is 10.3 Å². The number of halogens is 1. The van der Waals surface area contributed by atoms with E-state index in [4.69, 9.17) is 0 Å². The number of hydrogen-bond donors (Lipinski definition) is 2. The summed E-state index contributed by atoms with van der Waals surface area (Å²) in [5, 5.41) is 3.29. The number of imidazole rings is 1. The topological polar surface area (TPSA) is 66.5 Å². The van der Waals surface area contributed by atoms with Crippen LogP contribution in [-0.2, 0) is 6.54 Å². The molecule has 0 saturated carbocycles. The minimum absolute atomic E-state index is 0.632. The van der Waals surface area contributed by atoms with Crippen LogP contribution in [0.5, 0.6) is 0 Å². The predicted octanol–water partition coefficient (Wildman–Crippen LogP) is 3.86. The lowest BCUT2D eigenvalue weighted by Crippen LogP contribution is -2.04. The van der Waals surface area contributed by atoms with Crippen molar-refractivity contribution in [2.24, 2.45) is 0 Å². The van der Waals surface area contributed by atoms with Gasteiger partial charge in [0.15, 0.2) is 5.82 Å². The van der Waals surface area contributed by atoms with Crippen LogP contribution >= 0.6 is 15.9 Å². The van der Waals surface area contributed by atoms with E-state index in [1.165, 1.54) is 0 Å². The zero-order valence-corrected chi connectivity index (χ0v) is 14.0. The van der Waals surface area contributed by atoms with Gasteiger partial charge in [-0.2, -0.15) is 0 Å². The summed E-state index contributed by atoms with van der Waals surface area (Å²) < 4.78 is 1.04. The van der Waals surface area contributed by atoms with Gasteiger partial charge in [-0.1, -0.05) is 28.1 Å². The summed E-state index contributed by atoms with van der Waals surface area (Å²) in [6, 6.07) is 9.80. The number of rotatable bonds is 4. The van der Waals surface area contributed by atoms with Crippen molar-refractivity contribution in [1.82, 2.24) is 19.9 Å². The average Bonchev–Trinajstić information content (AvgIpc) is 2.84. The molecule has 0 aliphatic heterocycles. The number of hydrogen-bond acceptors (Lipinski definition) is 4. The predicted molar refractivity (Wildman–Crippen MR) is 90.6 cm³/mol. The van der Waals surface area contributed by atoms with Crippen molar-refractivity contribution >= 4 is 21.7 Å². The highest BCUT2D eigenvalue weighted by molar-refractivity contribution is 9.10. The van der Waals surface area contributed by atoms with Crippen molar-refractivity contribution < 1.29 is 0 Å². The van der Waals surface area contributed by atoms with Gasteiger partial charge in [0.25, 0.3) is 0 Å². The molecule has 0 unspecified atom stereocenters.